The summed E-state index contributed by atoms with van der Waals surface area (Å²) in [6.45, 7) is 5.21. The van der Waals surface area contributed by atoms with Crippen LogP contribution in [-0.2, 0) is 16.1 Å². The average molecular weight is 376 g/mol. The van der Waals surface area contributed by atoms with Crippen LogP contribution in [0, 0.1) is 0 Å². The van der Waals surface area contributed by atoms with Gasteiger partial charge in [0.1, 0.15) is 18.1 Å². The molecule has 2 N–H and O–H groups in total. The first-order valence-corrected chi connectivity index (χ1v) is 8.74. The fraction of sp³-hybridized carbons (Fsp3) is 0.400. The Balaban J connectivity index is 2.47. The van der Waals surface area contributed by atoms with E-state index in [-0.39, 0.29) is 30.7 Å². The monoisotopic (exact) mass is 376 g/mol. The molecule has 27 heavy (non-hydrogen) atoms. The van der Waals surface area contributed by atoms with Crippen LogP contribution in [0.5, 0.6) is 11.5 Å². The number of hydrogen-bond donors (Lipinski definition) is 2. The molecule has 0 aliphatic rings. The van der Waals surface area contributed by atoms with Crippen LogP contribution in [-0.4, -0.2) is 28.9 Å². The van der Waals surface area contributed by atoms with Gasteiger partial charge in [-0.25, -0.2) is 0 Å². The van der Waals surface area contributed by atoms with Crippen molar-refractivity contribution in [1.29, 1.82) is 0 Å². The Hall–Kier alpha value is -2.80. The lowest BCUT2D eigenvalue weighted by Gasteiger charge is -2.18. The number of rotatable bonds is 8. The van der Waals surface area contributed by atoms with Gasteiger partial charge in [0.15, 0.2) is 5.76 Å². The van der Waals surface area contributed by atoms with Crippen molar-refractivity contribution in [3.63, 3.8) is 0 Å². The zero-order chi connectivity index (χ0) is 20.0. The average Bonchev–Trinajstić information content (AvgIpc) is 2.62. The topological polar surface area (TPSA) is 106 Å². The highest BCUT2D eigenvalue weighted by Gasteiger charge is 2.26. The molecule has 146 valence electrons. The number of carbonyl (C=O) groups excluding carboxylic acids is 1. The molecule has 1 aromatic carbocycles. The molecule has 0 aliphatic heterocycles. The fourth-order valence-electron chi connectivity index (χ4n) is 2.67. The predicted molar refractivity (Wildman–Crippen MR) is 97.9 cm³/mol. The van der Waals surface area contributed by atoms with E-state index in [1.165, 1.54) is 0 Å². The van der Waals surface area contributed by atoms with Gasteiger partial charge >= 0.3 is 5.97 Å². The fourth-order valence-corrected chi connectivity index (χ4v) is 2.67. The summed E-state index contributed by atoms with van der Waals surface area (Å²) in [6.07, 6.45) is -0.127. The minimum Gasteiger partial charge on any atom is -0.502 e. The highest BCUT2D eigenvalue weighted by Crippen LogP contribution is 2.34. The molecule has 0 unspecified atom stereocenters. The van der Waals surface area contributed by atoms with Gasteiger partial charge in [-0.05, 0) is 38.5 Å². The lowest BCUT2D eigenvalue weighted by atomic mass is 9.92. The predicted octanol–water partition coefficient (Wildman–Crippen LogP) is 2.71. The van der Waals surface area contributed by atoms with E-state index in [2.05, 4.69) is 0 Å². The molecule has 7 heteroatoms. The zero-order valence-electron chi connectivity index (χ0n) is 15.6. The first kappa shape index (κ1) is 20.5. The van der Waals surface area contributed by atoms with Crippen LogP contribution in [0.2, 0.25) is 0 Å². The third-order valence-corrected chi connectivity index (χ3v) is 3.80. The molecule has 0 fully saturated rings. The van der Waals surface area contributed by atoms with Crippen molar-refractivity contribution < 1.29 is 28.9 Å². The van der Waals surface area contributed by atoms with Crippen LogP contribution < -0.4 is 10.2 Å². The lowest BCUT2D eigenvalue weighted by molar-refractivity contribution is -0.143. The summed E-state index contributed by atoms with van der Waals surface area (Å²) in [5, 5.41) is 19.5. The quantitative estimate of drug-likeness (QED) is 0.682. The number of ether oxygens (including phenoxy) is 2. The Labute approximate surface area is 157 Å². The molecule has 0 saturated heterocycles. The molecule has 1 heterocycles. The summed E-state index contributed by atoms with van der Waals surface area (Å²) >= 11 is 0. The SMILES string of the molecule is CCOC(=O)C[C@@H](c1ccc(OC(C)C)cc1)c1oc(CO)cc(=O)c1O. The molecule has 0 bridgehead atoms. The molecule has 1 aromatic heterocycles. The van der Waals surface area contributed by atoms with E-state index in [0.717, 1.165) is 6.07 Å². The van der Waals surface area contributed by atoms with Gasteiger partial charge in [0, 0.05) is 6.07 Å². The summed E-state index contributed by atoms with van der Waals surface area (Å²) in [7, 11) is 0. The standard InChI is InChI=1S/C20H24O7/c1-4-25-18(23)10-16(13-5-7-14(8-6-13)26-12(2)3)20-19(24)17(22)9-15(11-21)27-20/h5-9,12,16,21,24H,4,10-11H2,1-3H3/t16-/m0/s1. The highest BCUT2D eigenvalue weighted by molar-refractivity contribution is 5.71. The van der Waals surface area contributed by atoms with Crippen LogP contribution in [0.1, 0.15) is 50.2 Å². The summed E-state index contributed by atoms with van der Waals surface area (Å²) in [5.74, 6) is -1.28. The Morgan fingerprint density at radius 1 is 1.22 bits per heavy atom. The van der Waals surface area contributed by atoms with Crippen LogP contribution in [0.3, 0.4) is 0 Å². The number of carbonyl (C=O) groups is 1. The van der Waals surface area contributed by atoms with Gasteiger partial charge < -0.3 is 24.1 Å². The van der Waals surface area contributed by atoms with Crippen molar-refractivity contribution in [2.24, 2.45) is 0 Å². The second-order valence-corrected chi connectivity index (χ2v) is 6.25. The van der Waals surface area contributed by atoms with Gasteiger partial charge in [-0.1, -0.05) is 12.1 Å². The van der Waals surface area contributed by atoms with E-state index in [1.807, 2.05) is 13.8 Å². The molecule has 0 aliphatic carbocycles. The van der Waals surface area contributed by atoms with Crippen molar-refractivity contribution >= 4 is 5.97 Å². The molecular weight excluding hydrogens is 352 g/mol. The second kappa shape index (κ2) is 9.23. The lowest BCUT2D eigenvalue weighted by Crippen LogP contribution is -2.15. The van der Waals surface area contributed by atoms with Crippen molar-refractivity contribution in [3.8, 4) is 11.5 Å². The van der Waals surface area contributed by atoms with E-state index < -0.39 is 29.7 Å². The maximum absolute atomic E-state index is 12.1. The van der Waals surface area contributed by atoms with E-state index in [0.29, 0.717) is 11.3 Å². The molecule has 0 spiro atoms. The molecular formula is C20H24O7. The summed E-state index contributed by atoms with van der Waals surface area (Å²) in [4.78, 5) is 24.1. The first-order chi connectivity index (χ1) is 12.8. The summed E-state index contributed by atoms with van der Waals surface area (Å²) in [6, 6.07) is 7.94. The molecule has 2 aromatic rings. The number of aliphatic hydroxyl groups excluding tert-OH is 1. The second-order valence-electron chi connectivity index (χ2n) is 6.25. The Morgan fingerprint density at radius 2 is 1.89 bits per heavy atom. The first-order valence-electron chi connectivity index (χ1n) is 8.74. The third-order valence-electron chi connectivity index (χ3n) is 3.80. The minimum atomic E-state index is -0.753. The number of benzene rings is 1. The highest BCUT2D eigenvalue weighted by atomic mass is 16.5. The van der Waals surface area contributed by atoms with Gasteiger partial charge in [-0.2, -0.15) is 0 Å². The molecule has 1 atom stereocenters. The van der Waals surface area contributed by atoms with Crippen molar-refractivity contribution in [3.05, 3.63) is 57.6 Å². The zero-order valence-corrected chi connectivity index (χ0v) is 15.6. The maximum Gasteiger partial charge on any atom is 0.306 e. The van der Waals surface area contributed by atoms with Gasteiger partial charge in [-0.15, -0.1) is 0 Å². The number of aliphatic hydroxyl groups is 1. The minimum absolute atomic E-state index is 0.00131. The number of esters is 1. The van der Waals surface area contributed by atoms with Crippen LogP contribution >= 0.6 is 0 Å². The normalized spacial score (nSPS) is 12.0. The number of hydrogen-bond acceptors (Lipinski definition) is 7. The van der Waals surface area contributed by atoms with Gasteiger partial charge in [0.25, 0.3) is 0 Å². The smallest absolute Gasteiger partial charge is 0.306 e. The Bertz CT molecular complexity index is 821. The van der Waals surface area contributed by atoms with Gasteiger partial charge in [0.05, 0.1) is 25.0 Å². The van der Waals surface area contributed by atoms with Crippen LogP contribution in [0.4, 0.5) is 0 Å². The summed E-state index contributed by atoms with van der Waals surface area (Å²) in [5.41, 5.74) is -0.0541. The molecule has 0 amide bonds. The Kier molecular flexibility index (Phi) is 7.01. The van der Waals surface area contributed by atoms with E-state index >= 15 is 0 Å². The van der Waals surface area contributed by atoms with Crippen LogP contribution in [0.15, 0.2) is 39.5 Å². The third kappa shape index (κ3) is 5.34. The van der Waals surface area contributed by atoms with E-state index in [4.69, 9.17) is 13.9 Å². The van der Waals surface area contributed by atoms with Crippen molar-refractivity contribution in [2.45, 2.75) is 45.8 Å². The van der Waals surface area contributed by atoms with Crippen molar-refractivity contribution in [2.75, 3.05) is 6.61 Å². The van der Waals surface area contributed by atoms with E-state index in [9.17, 15) is 19.8 Å². The molecule has 2 rings (SSSR count). The summed E-state index contributed by atoms with van der Waals surface area (Å²) < 4.78 is 16.1. The maximum atomic E-state index is 12.1. The van der Waals surface area contributed by atoms with E-state index in [1.54, 1.807) is 31.2 Å². The van der Waals surface area contributed by atoms with Crippen LogP contribution in [0.25, 0.3) is 0 Å². The largest absolute Gasteiger partial charge is 0.502 e. The molecule has 0 radical (unpaired) electrons. The van der Waals surface area contributed by atoms with Crippen molar-refractivity contribution in [1.82, 2.24) is 0 Å². The Morgan fingerprint density at radius 3 is 2.44 bits per heavy atom. The number of aromatic hydroxyl groups is 1. The molecule has 0 saturated carbocycles. The molecule has 7 nitrogen and oxygen atoms in total. The van der Waals surface area contributed by atoms with Gasteiger partial charge in [0.2, 0.25) is 11.2 Å². The van der Waals surface area contributed by atoms with Gasteiger partial charge in [-0.3, -0.25) is 9.59 Å².